The fraction of sp³-hybridized carbons (Fsp3) is 0.0714. The minimum Gasteiger partial charge on any atom is -0.421 e. The minimum absolute atomic E-state index is 0.0801. The Morgan fingerprint density at radius 1 is 1.09 bits per heavy atom. The van der Waals surface area contributed by atoms with Gasteiger partial charge in [-0.3, -0.25) is 0 Å². The van der Waals surface area contributed by atoms with Crippen LogP contribution in [0, 0.1) is 5.82 Å². The molecule has 0 saturated heterocycles. The molecule has 0 heterocycles. The number of carbonyl (C=O) groups excluding carboxylic acids is 1. The van der Waals surface area contributed by atoms with Gasteiger partial charge >= 0.3 is 12.1 Å². The molecule has 2 aromatic carbocycles. The first-order chi connectivity index (χ1) is 10.2. The van der Waals surface area contributed by atoms with Crippen LogP contribution in [-0.4, -0.2) is 5.97 Å². The zero-order chi connectivity index (χ0) is 16.5. The van der Waals surface area contributed by atoms with Crippen LogP contribution >= 0.6 is 23.2 Å². The van der Waals surface area contributed by atoms with E-state index in [4.69, 9.17) is 27.9 Å². The smallest absolute Gasteiger partial charge is 0.416 e. The van der Waals surface area contributed by atoms with Gasteiger partial charge in [0.25, 0.3) is 0 Å². The Morgan fingerprint density at radius 2 is 1.77 bits per heavy atom. The average molecular weight is 353 g/mol. The third kappa shape index (κ3) is 3.51. The summed E-state index contributed by atoms with van der Waals surface area (Å²) in [5.74, 6) is -2.64. The van der Waals surface area contributed by atoms with E-state index < -0.39 is 29.1 Å². The van der Waals surface area contributed by atoms with Crippen LogP contribution in [0.2, 0.25) is 10.0 Å². The van der Waals surface area contributed by atoms with E-state index in [0.29, 0.717) is 18.2 Å². The van der Waals surface area contributed by atoms with E-state index in [2.05, 4.69) is 0 Å². The molecule has 0 aliphatic rings. The van der Waals surface area contributed by atoms with Crippen molar-refractivity contribution >= 4 is 29.2 Å². The van der Waals surface area contributed by atoms with Gasteiger partial charge in [0, 0.05) is 0 Å². The van der Waals surface area contributed by atoms with E-state index in [9.17, 15) is 22.4 Å². The second-order valence-corrected chi connectivity index (χ2v) is 4.92. The molecule has 0 unspecified atom stereocenters. The van der Waals surface area contributed by atoms with E-state index in [0.717, 1.165) is 0 Å². The molecule has 0 aromatic heterocycles. The Morgan fingerprint density at radius 3 is 2.41 bits per heavy atom. The van der Waals surface area contributed by atoms with Gasteiger partial charge in [0.2, 0.25) is 0 Å². The molecule has 0 amide bonds. The van der Waals surface area contributed by atoms with Crippen LogP contribution in [0.15, 0.2) is 36.4 Å². The molecule has 0 N–H and O–H groups in total. The molecule has 0 radical (unpaired) electrons. The van der Waals surface area contributed by atoms with Crippen LogP contribution in [0.3, 0.4) is 0 Å². The van der Waals surface area contributed by atoms with Gasteiger partial charge in [-0.25, -0.2) is 9.18 Å². The highest BCUT2D eigenvalue weighted by molar-refractivity contribution is 6.43. The third-order valence-electron chi connectivity index (χ3n) is 2.63. The number of halogens is 6. The lowest BCUT2D eigenvalue weighted by Crippen LogP contribution is -2.14. The Hall–Kier alpha value is -1.79. The molecule has 0 saturated carbocycles. The number of hydrogen-bond donors (Lipinski definition) is 0. The molecule has 0 aliphatic carbocycles. The number of benzene rings is 2. The van der Waals surface area contributed by atoms with E-state index in [1.165, 1.54) is 18.2 Å². The summed E-state index contributed by atoms with van der Waals surface area (Å²) in [5, 5.41) is -0.0265. The summed E-state index contributed by atoms with van der Waals surface area (Å²) in [5.41, 5.74) is -2.02. The Balaban J connectivity index is 2.35. The summed E-state index contributed by atoms with van der Waals surface area (Å²) in [6.45, 7) is 0. The van der Waals surface area contributed by atoms with Crippen LogP contribution in [0.4, 0.5) is 17.6 Å². The normalized spacial score (nSPS) is 11.4. The van der Waals surface area contributed by atoms with Crippen LogP contribution in [0.25, 0.3) is 0 Å². The molecule has 2 nitrogen and oxygen atoms in total. The van der Waals surface area contributed by atoms with E-state index in [-0.39, 0.29) is 15.8 Å². The van der Waals surface area contributed by atoms with Crippen molar-refractivity contribution in [2.45, 2.75) is 6.18 Å². The zero-order valence-corrected chi connectivity index (χ0v) is 12.1. The summed E-state index contributed by atoms with van der Waals surface area (Å²) in [6, 6.07) is 5.55. The molecule has 22 heavy (non-hydrogen) atoms. The number of carbonyl (C=O) groups is 1. The van der Waals surface area contributed by atoms with Gasteiger partial charge in [-0.1, -0.05) is 29.3 Å². The van der Waals surface area contributed by atoms with Crippen molar-refractivity contribution in [1.82, 2.24) is 0 Å². The first-order valence-electron chi connectivity index (χ1n) is 5.73. The molecule has 0 aliphatic heterocycles. The fourth-order valence-electron chi connectivity index (χ4n) is 1.58. The maximum atomic E-state index is 13.6. The molecular weight excluding hydrogens is 347 g/mol. The predicted molar refractivity (Wildman–Crippen MR) is 72.8 cm³/mol. The van der Waals surface area contributed by atoms with Crippen LogP contribution in [-0.2, 0) is 6.18 Å². The standard InChI is InChI=1S/C14H6Cl2F4O2/c15-9-2-1-3-11(12(9)16)22-13(21)8-6-7(14(18,19)20)4-5-10(8)17/h1-6H. The summed E-state index contributed by atoms with van der Waals surface area (Å²) in [4.78, 5) is 11.8. The van der Waals surface area contributed by atoms with Crippen LogP contribution < -0.4 is 4.74 Å². The van der Waals surface area contributed by atoms with E-state index in [1.54, 1.807) is 0 Å². The molecule has 116 valence electrons. The molecule has 8 heteroatoms. The number of alkyl halides is 3. The molecule has 2 rings (SSSR count). The number of rotatable bonds is 2. The minimum atomic E-state index is -4.71. The lowest BCUT2D eigenvalue weighted by Gasteiger charge is -2.10. The van der Waals surface area contributed by atoms with Gasteiger partial charge in [-0.2, -0.15) is 13.2 Å². The van der Waals surface area contributed by atoms with Crippen LogP contribution in [0.5, 0.6) is 5.75 Å². The van der Waals surface area contributed by atoms with Crippen molar-refractivity contribution in [3.8, 4) is 5.75 Å². The molecule has 0 atom stereocenters. The van der Waals surface area contributed by atoms with Crippen LogP contribution in [0.1, 0.15) is 15.9 Å². The van der Waals surface area contributed by atoms with E-state index in [1.807, 2.05) is 0 Å². The highest BCUT2D eigenvalue weighted by atomic mass is 35.5. The highest BCUT2D eigenvalue weighted by Crippen LogP contribution is 2.33. The van der Waals surface area contributed by atoms with E-state index >= 15 is 0 Å². The fourth-order valence-corrected chi connectivity index (χ4v) is 1.91. The molecule has 0 fully saturated rings. The molecule has 0 bridgehead atoms. The van der Waals surface area contributed by atoms with Crippen molar-refractivity contribution < 1.29 is 27.1 Å². The summed E-state index contributed by atoms with van der Waals surface area (Å²) < 4.78 is 56.1. The monoisotopic (exact) mass is 352 g/mol. The quantitative estimate of drug-likeness (QED) is 0.412. The van der Waals surface area contributed by atoms with Gasteiger partial charge < -0.3 is 4.74 Å². The van der Waals surface area contributed by atoms with Crippen molar-refractivity contribution in [3.63, 3.8) is 0 Å². The first kappa shape index (κ1) is 16.6. The van der Waals surface area contributed by atoms with Gasteiger partial charge in [0.15, 0.2) is 5.75 Å². The second-order valence-electron chi connectivity index (χ2n) is 4.13. The lowest BCUT2D eigenvalue weighted by atomic mass is 10.1. The Labute approximate surface area is 132 Å². The Kier molecular flexibility index (Phi) is 4.63. The number of hydrogen-bond acceptors (Lipinski definition) is 2. The SMILES string of the molecule is O=C(Oc1cccc(Cl)c1Cl)c1cc(C(F)(F)F)ccc1F. The third-order valence-corrected chi connectivity index (χ3v) is 3.43. The van der Waals surface area contributed by atoms with Crippen molar-refractivity contribution in [3.05, 3.63) is 63.4 Å². The highest BCUT2D eigenvalue weighted by Gasteiger charge is 2.32. The largest absolute Gasteiger partial charge is 0.421 e. The van der Waals surface area contributed by atoms with Crippen molar-refractivity contribution in [2.24, 2.45) is 0 Å². The second kappa shape index (κ2) is 6.14. The van der Waals surface area contributed by atoms with Crippen molar-refractivity contribution in [1.29, 1.82) is 0 Å². The maximum Gasteiger partial charge on any atom is 0.416 e. The maximum absolute atomic E-state index is 13.6. The van der Waals surface area contributed by atoms with Gasteiger partial charge in [-0.05, 0) is 30.3 Å². The first-order valence-corrected chi connectivity index (χ1v) is 6.48. The molecule has 2 aromatic rings. The summed E-state index contributed by atoms with van der Waals surface area (Å²) >= 11 is 11.5. The Bertz CT molecular complexity index is 729. The summed E-state index contributed by atoms with van der Waals surface area (Å²) in [6.07, 6.45) is -4.71. The summed E-state index contributed by atoms with van der Waals surface area (Å²) in [7, 11) is 0. The number of ether oxygens (including phenoxy) is 1. The molecular formula is C14H6Cl2F4O2. The lowest BCUT2D eigenvalue weighted by molar-refractivity contribution is -0.137. The molecule has 0 spiro atoms. The van der Waals surface area contributed by atoms with Gasteiger partial charge in [0.05, 0.1) is 16.1 Å². The average Bonchev–Trinajstić information content (AvgIpc) is 2.43. The zero-order valence-electron chi connectivity index (χ0n) is 10.5. The predicted octanol–water partition coefficient (Wildman–Crippen LogP) is 5.37. The van der Waals surface area contributed by atoms with Gasteiger partial charge in [0.1, 0.15) is 10.8 Å². The number of esters is 1. The van der Waals surface area contributed by atoms with Crippen molar-refractivity contribution in [2.75, 3.05) is 0 Å². The van der Waals surface area contributed by atoms with Gasteiger partial charge in [-0.15, -0.1) is 0 Å². The topological polar surface area (TPSA) is 26.3 Å².